The zero-order valence-electron chi connectivity index (χ0n) is 20.2. The van der Waals surface area contributed by atoms with Crippen molar-refractivity contribution < 1.29 is 19.4 Å². The fraction of sp³-hybridized carbons (Fsp3) is 0.393. The second kappa shape index (κ2) is 9.66. The maximum absolute atomic E-state index is 11.7. The topological polar surface area (TPSA) is 93.6 Å². The highest BCUT2D eigenvalue weighted by molar-refractivity contribution is 5.81. The van der Waals surface area contributed by atoms with Gasteiger partial charge in [-0.3, -0.25) is 9.78 Å². The van der Waals surface area contributed by atoms with E-state index in [1.54, 1.807) is 20.0 Å². The highest BCUT2D eigenvalue weighted by atomic mass is 16.5. The van der Waals surface area contributed by atoms with Crippen molar-refractivity contribution in [3.63, 3.8) is 0 Å². The molecule has 0 spiro atoms. The molecule has 7 heteroatoms. The van der Waals surface area contributed by atoms with E-state index >= 15 is 0 Å². The largest absolute Gasteiger partial charge is 0.481 e. The number of hydrogen-bond acceptors (Lipinski definition) is 6. The molecule has 7 nitrogen and oxygen atoms in total. The van der Waals surface area contributed by atoms with Gasteiger partial charge in [-0.25, -0.2) is 4.98 Å². The van der Waals surface area contributed by atoms with E-state index in [-0.39, 0.29) is 0 Å². The number of pyridine rings is 2. The molecule has 35 heavy (non-hydrogen) atoms. The normalized spacial score (nSPS) is 16.6. The van der Waals surface area contributed by atoms with Gasteiger partial charge < -0.3 is 19.9 Å². The van der Waals surface area contributed by atoms with Crippen LogP contribution < -0.4 is 10.1 Å². The molecule has 0 atom stereocenters. The molecule has 5 rings (SSSR count). The van der Waals surface area contributed by atoms with E-state index in [0.717, 1.165) is 43.2 Å². The molecule has 3 aromatic rings. The van der Waals surface area contributed by atoms with Gasteiger partial charge in [0.05, 0.1) is 11.1 Å². The molecule has 0 unspecified atom stereocenters. The molecule has 2 N–H and O–H groups in total. The number of benzene rings is 1. The first-order valence-electron chi connectivity index (χ1n) is 12.2. The summed E-state index contributed by atoms with van der Waals surface area (Å²) < 4.78 is 11.9. The molecule has 0 radical (unpaired) electrons. The molecule has 2 aromatic heterocycles. The Labute approximate surface area is 205 Å². The Hall–Kier alpha value is -3.45. The number of hydrogen-bond donors (Lipinski definition) is 2. The van der Waals surface area contributed by atoms with Gasteiger partial charge in [0.1, 0.15) is 17.3 Å². The molecule has 1 aromatic carbocycles. The lowest BCUT2D eigenvalue weighted by atomic mass is 9.84. The third kappa shape index (κ3) is 5.30. The maximum Gasteiger partial charge on any atom is 0.313 e. The van der Waals surface area contributed by atoms with Crippen LogP contribution in [-0.2, 0) is 14.9 Å². The summed E-state index contributed by atoms with van der Waals surface area (Å²) >= 11 is 0. The summed E-state index contributed by atoms with van der Waals surface area (Å²) in [5.41, 5.74) is 2.67. The van der Waals surface area contributed by atoms with Crippen LogP contribution in [-0.4, -0.2) is 34.3 Å². The van der Waals surface area contributed by atoms with Gasteiger partial charge in [-0.05, 0) is 75.4 Å². The third-order valence-electron chi connectivity index (χ3n) is 6.86. The second-order valence-electron chi connectivity index (χ2n) is 9.90. The Kier molecular flexibility index (Phi) is 6.43. The average molecular weight is 474 g/mol. The first-order chi connectivity index (χ1) is 16.9. The fourth-order valence-electron chi connectivity index (χ4n) is 4.36. The molecule has 0 amide bonds. The maximum atomic E-state index is 11.7. The van der Waals surface area contributed by atoms with Crippen molar-refractivity contribution in [3.8, 4) is 11.5 Å². The smallest absolute Gasteiger partial charge is 0.313 e. The van der Waals surface area contributed by atoms with E-state index in [2.05, 4.69) is 22.4 Å². The van der Waals surface area contributed by atoms with Gasteiger partial charge in [0, 0.05) is 48.7 Å². The van der Waals surface area contributed by atoms with Gasteiger partial charge in [0.15, 0.2) is 0 Å². The predicted molar refractivity (Wildman–Crippen MR) is 134 cm³/mol. The summed E-state index contributed by atoms with van der Waals surface area (Å²) in [4.78, 5) is 21.1. The van der Waals surface area contributed by atoms with Crippen molar-refractivity contribution >= 4 is 17.5 Å². The Morgan fingerprint density at radius 2 is 1.86 bits per heavy atom. The summed E-state index contributed by atoms with van der Waals surface area (Å²) in [6.07, 6.45) is 6.02. The van der Waals surface area contributed by atoms with Crippen LogP contribution in [0.3, 0.4) is 0 Å². The highest BCUT2D eigenvalue weighted by Gasteiger charge is 2.30. The molecule has 2 fully saturated rings. The Bertz CT molecular complexity index is 1220. The van der Waals surface area contributed by atoms with Crippen molar-refractivity contribution in [2.45, 2.75) is 56.8 Å². The Balaban J connectivity index is 1.37. The summed E-state index contributed by atoms with van der Waals surface area (Å²) in [5.74, 6) is 2.11. The van der Waals surface area contributed by atoms with Crippen LogP contribution in [0.2, 0.25) is 0 Å². The van der Waals surface area contributed by atoms with Crippen LogP contribution in [0.1, 0.15) is 68.3 Å². The zero-order valence-corrected chi connectivity index (χ0v) is 20.2. The molecule has 2 aliphatic rings. The zero-order chi connectivity index (χ0) is 24.4. The van der Waals surface area contributed by atoms with Gasteiger partial charge >= 0.3 is 5.97 Å². The number of nitrogens with one attached hydrogen (secondary N) is 1. The highest BCUT2D eigenvalue weighted by Crippen LogP contribution is 2.42. The standard InChI is InChI=1S/C28H31N3O4/c1-28(2,27(32)33)20-4-3-5-21(16-20)30-25-17-22(10-13-29-25)35-24-9-8-23(18-6-7-18)31-26(24)19-11-14-34-15-12-19/h3-5,8-10,13,16-19H,6-7,11-12,14-15H2,1-2H3,(H,29,30)(H,32,33). The van der Waals surface area contributed by atoms with Gasteiger partial charge in [0.2, 0.25) is 0 Å². The Morgan fingerprint density at radius 3 is 2.60 bits per heavy atom. The molecule has 1 aliphatic heterocycles. The molecular formula is C28H31N3O4. The van der Waals surface area contributed by atoms with E-state index < -0.39 is 11.4 Å². The van der Waals surface area contributed by atoms with Crippen molar-refractivity contribution in [1.29, 1.82) is 0 Å². The lowest BCUT2D eigenvalue weighted by Gasteiger charge is -2.24. The van der Waals surface area contributed by atoms with Crippen LogP contribution in [0, 0.1) is 0 Å². The molecule has 3 heterocycles. The van der Waals surface area contributed by atoms with Gasteiger partial charge in [-0.15, -0.1) is 0 Å². The molecule has 1 aliphatic carbocycles. The van der Waals surface area contributed by atoms with E-state index in [1.807, 2.05) is 36.4 Å². The molecule has 1 saturated carbocycles. The monoisotopic (exact) mass is 473 g/mol. The number of ether oxygens (including phenoxy) is 2. The van der Waals surface area contributed by atoms with E-state index in [1.165, 1.54) is 18.5 Å². The number of carbonyl (C=O) groups is 1. The lowest BCUT2D eigenvalue weighted by Crippen LogP contribution is -2.28. The van der Waals surface area contributed by atoms with Crippen LogP contribution in [0.4, 0.5) is 11.5 Å². The molecule has 0 bridgehead atoms. The minimum absolute atomic E-state index is 0.331. The minimum atomic E-state index is -0.990. The number of aliphatic carboxylic acids is 1. The molecule has 182 valence electrons. The quantitative estimate of drug-likeness (QED) is 0.405. The summed E-state index contributed by atoms with van der Waals surface area (Å²) in [5, 5.41) is 12.8. The number of nitrogens with zero attached hydrogens (tertiary/aromatic N) is 2. The number of carboxylic acid groups (broad SMARTS) is 1. The van der Waals surface area contributed by atoms with E-state index in [0.29, 0.717) is 29.0 Å². The summed E-state index contributed by atoms with van der Waals surface area (Å²) in [7, 11) is 0. The van der Waals surface area contributed by atoms with Crippen LogP contribution in [0.15, 0.2) is 54.7 Å². The second-order valence-corrected chi connectivity index (χ2v) is 9.90. The number of carboxylic acids is 1. The van der Waals surface area contributed by atoms with Crippen molar-refractivity contribution in [3.05, 3.63) is 71.7 Å². The first-order valence-corrected chi connectivity index (χ1v) is 12.2. The van der Waals surface area contributed by atoms with E-state index in [9.17, 15) is 9.90 Å². The van der Waals surface area contributed by atoms with Crippen LogP contribution in [0.25, 0.3) is 0 Å². The van der Waals surface area contributed by atoms with Gasteiger partial charge in [0.25, 0.3) is 0 Å². The number of aromatic nitrogens is 2. The summed E-state index contributed by atoms with van der Waals surface area (Å²) in [6.45, 7) is 4.89. The van der Waals surface area contributed by atoms with Crippen LogP contribution in [0.5, 0.6) is 11.5 Å². The average Bonchev–Trinajstić information content (AvgIpc) is 3.71. The Morgan fingerprint density at radius 1 is 1.06 bits per heavy atom. The first kappa shape index (κ1) is 23.3. The third-order valence-corrected chi connectivity index (χ3v) is 6.86. The summed E-state index contributed by atoms with van der Waals surface area (Å²) in [6, 6.07) is 15.2. The molecule has 1 saturated heterocycles. The minimum Gasteiger partial charge on any atom is -0.481 e. The molecular weight excluding hydrogens is 442 g/mol. The van der Waals surface area contributed by atoms with Crippen molar-refractivity contribution in [2.24, 2.45) is 0 Å². The lowest BCUT2D eigenvalue weighted by molar-refractivity contribution is -0.142. The fourth-order valence-corrected chi connectivity index (χ4v) is 4.36. The van der Waals surface area contributed by atoms with Crippen LogP contribution >= 0.6 is 0 Å². The number of rotatable bonds is 8. The number of anilines is 2. The van der Waals surface area contributed by atoms with Crippen molar-refractivity contribution in [1.82, 2.24) is 9.97 Å². The SMILES string of the molecule is CC(C)(C(=O)O)c1cccc(Nc2cc(Oc3ccc(C4CC4)nc3C3CCOCC3)ccn2)c1. The predicted octanol–water partition coefficient (Wildman–Crippen LogP) is 6.15. The van der Waals surface area contributed by atoms with Gasteiger partial charge in [-0.2, -0.15) is 0 Å². The van der Waals surface area contributed by atoms with E-state index in [4.69, 9.17) is 14.5 Å². The van der Waals surface area contributed by atoms with Gasteiger partial charge in [-0.1, -0.05) is 12.1 Å². The van der Waals surface area contributed by atoms with Crippen molar-refractivity contribution in [2.75, 3.05) is 18.5 Å².